The number of rotatable bonds is 13. The Labute approximate surface area is 379 Å². The van der Waals surface area contributed by atoms with E-state index >= 15 is 0 Å². The summed E-state index contributed by atoms with van der Waals surface area (Å²) in [6.07, 6.45) is 1.66. The lowest BCUT2D eigenvalue weighted by Crippen LogP contribution is -2.36. The molecule has 0 spiro atoms. The van der Waals surface area contributed by atoms with E-state index in [1.165, 1.54) is 15.4 Å². The van der Waals surface area contributed by atoms with E-state index in [4.69, 9.17) is 33.7 Å². The molecule has 0 fully saturated rings. The normalized spacial score (nSPS) is 12.3. The standard InChI is InChI=1S/C23H27BrN2O3.C23H28N2O4.HO4P.H2/c1-23(2,3)29-22(27)25(4)13-14-28-20-12-8-11-19-21(20)18(24)16-26(19)15-17-9-6-5-7-10-17;1-23(2,3)29-22(27)24(4)13-14-28-20-12-8-11-19-18(20)15-21(26)25(19)16-17-9-6-5-7-10-17;1-4-5(2)3;/h5-12,16H,13-15H2,1-4H3;5-12H,13-16H2,1-4H3;1H;1H. The third-order valence-corrected chi connectivity index (χ3v) is 9.81. The van der Waals surface area contributed by atoms with Gasteiger partial charge < -0.3 is 43.1 Å². The average Bonchev–Trinajstić information content (AvgIpc) is 3.72. The Bertz CT molecular complexity index is 2300. The molecule has 1 N–H and O–H groups in total. The molecule has 1 unspecified atom stereocenters. The molecule has 63 heavy (non-hydrogen) atoms. The summed E-state index contributed by atoms with van der Waals surface area (Å²) in [5.74, 6) is 1.54. The first-order chi connectivity index (χ1) is 29.8. The van der Waals surface area contributed by atoms with Gasteiger partial charge in [0.05, 0.1) is 42.6 Å². The van der Waals surface area contributed by atoms with Crippen LogP contribution in [0, 0.1) is 0 Å². The number of hydrogen-bond acceptors (Lipinski definition) is 11. The summed E-state index contributed by atoms with van der Waals surface area (Å²) in [5, 5.41) is 8.08. The highest BCUT2D eigenvalue weighted by Crippen LogP contribution is 2.37. The smallest absolute Gasteiger partial charge is 0.521 e. The minimum atomic E-state index is -3.04. The Morgan fingerprint density at radius 1 is 0.762 bits per heavy atom. The van der Waals surface area contributed by atoms with Crippen molar-refractivity contribution >= 4 is 58.9 Å². The van der Waals surface area contributed by atoms with Crippen molar-refractivity contribution in [1.29, 1.82) is 0 Å². The van der Waals surface area contributed by atoms with Crippen molar-refractivity contribution in [3.8, 4) is 11.5 Å². The van der Waals surface area contributed by atoms with Crippen LogP contribution in [0.1, 0.15) is 59.7 Å². The van der Waals surface area contributed by atoms with E-state index in [1.807, 2.05) is 120 Å². The van der Waals surface area contributed by atoms with Crippen LogP contribution in [-0.2, 0) is 43.0 Å². The van der Waals surface area contributed by atoms with Crippen molar-refractivity contribution in [3.63, 3.8) is 0 Å². The molecular formula is C46H58BrN4O11P. The predicted octanol–water partition coefficient (Wildman–Crippen LogP) is 9.46. The number of carbonyl (C=O) groups excluding carboxylic acids is 3. The second-order valence-electron chi connectivity index (χ2n) is 16.4. The lowest BCUT2D eigenvalue weighted by Gasteiger charge is -2.24. The topological polar surface area (TPSA) is 172 Å². The van der Waals surface area contributed by atoms with Crippen LogP contribution in [-0.4, -0.2) is 89.3 Å². The maximum absolute atomic E-state index is 12.6. The number of halogens is 1. The molecule has 340 valence electrons. The van der Waals surface area contributed by atoms with Gasteiger partial charge in [-0.1, -0.05) is 72.8 Å². The van der Waals surface area contributed by atoms with Crippen LogP contribution in [0.25, 0.3) is 10.9 Å². The highest BCUT2D eigenvalue weighted by molar-refractivity contribution is 9.10. The van der Waals surface area contributed by atoms with Gasteiger partial charge in [0.2, 0.25) is 5.91 Å². The molecule has 6 rings (SSSR count). The van der Waals surface area contributed by atoms with Crippen molar-refractivity contribution in [1.82, 2.24) is 14.4 Å². The Kier molecular flexibility index (Phi) is 18.5. The van der Waals surface area contributed by atoms with Gasteiger partial charge in [0.25, 0.3) is 0 Å². The molecule has 3 amide bonds. The number of hydrogen-bond donors (Lipinski definition) is 1. The fraction of sp³-hybridized carbons (Fsp3) is 0.370. The highest BCUT2D eigenvalue weighted by atomic mass is 79.9. The fourth-order valence-corrected chi connectivity index (χ4v) is 6.83. The summed E-state index contributed by atoms with van der Waals surface area (Å²) in [6, 6.07) is 32.0. The SMILES string of the molecule is CN(CCOc1cccc2c1CC(=O)N2Cc1ccccc1)C(=O)OC(C)(C)C.CN(CCOc1cccc2c1c(Br)cn2Cc1ccccc1)C(=O)OC(C)(C)C.O=[P+]([O-])OO.[HH]. The molecule has 4 aromatic carbocycles. The van der Waals surface area contributed by atoms with Gasteiger partial charge >= 0.3 is 20.4 Å². The van der Waals surface area contributed by atoms with Crippen molar-refractivity contribution in [3.05, 3.63) is 124 Å². The fourth-order valence-electron chi connectivity index (χ4n) is 6.19. The number of carbonyl (C=O) groups is 3. The second-order valence-corrected chi connectivity index (χ2v) is 17.9. The van der Waals surface area contributed by atoms with Gasteiger partial charge in [0, 0.05) is 43.0 Å². The number of aromatic nitrogens is 1. The number of benzene rings is 4. The molecule has 1 atom stereocenters. The van der Waals surface area contributed by atoms with Crippen LogP contribution in [0.5, 0.6) is 11.5 Å². The zero-order chi connectivity index (χ0) is 46.3. The third-order valence-electron chi connectivity index (χ3n) is 9.07. The van der Waals surface area contributed by atoms with E-state index in [9.17, 15) is 14.4 Å². The van der Waals surface area contributed by atoms with Crippen LogP contribution in [0.3, 0.4) is 0 Å². The molecule has 0 saturated heterocycles. The first-order valence-corrected chi connectivity index (χ1v) is 22.0. The summed E-state index contributed by atoms with van der Waals surface area (Å²) in [4.78, 5) is 50.5. The molecule has 1 aromatic heterocycles. The van der Waals surface area contributed by atoms with Gasteiger partial charge in [-0.15, -0.1) is 0 Å². The summed E-state index contributed by atoms with van der Waals surface area (Å²) < 4.78 is 37.5. The predicted molar refractivity (Wildman–Crippen MR) is 245 cm³/mol. The zero-order valence-corrected chi connectivity index (χ0v) is 39.4. The molecule has 15 nitrogen and oxygen atoms in total. The Morgan fingerprint density at radius 2 is 1.24 bits per heavy atom. The molecule has 2 heterocycles. The van der Waals surface area contributed by atoms with E-state index in [-0.39, 0.29) is 19.5 Å². The maximum Gasteiger partial charge on any atom is 0.521 e. The number of amides is 3. The van der Waals surface area contributed by atoms with E-state index in [2.05, 4.69) is 49.6 Å². The van der Waals surface area contributed by atoms with Crippen molar-refractivity contribution in [2.45, 2.75) is 72.3 Å². The summed E-state index contributed by atoms with van der Waals surface area (Å²) in [6.45, 7) is 13.9. The first kappa shape index (κ1) is 50.1. The van der Waals surface area contributed by atoms with Gasteiger partial charge in [0.15, 0.2) is 0 Å². The number of nitrogens with zero attached hydrogens (tertiary/aromatic N) is 4. The van der Waals surface area contributed by atoms with Crippen LogP contribution < -0.4 is 19.3 Å². The van der Waals surface area contributed by atoms with Crippen LogP contribution in [0.4, 0.5) is 15.3 Å². The monoisotopic (exact) mass is 952 g/mol. The molecule has 5 aromatic rings. The molecule has 1 aliphatic rings. The van der Waals surface area contributed by atoms with Crippen LogP contribution in [0.15, 0.2) is 108 Å². The van der Waals surface area contributed by atoms with Gasteiger partial charge in [-0.3, -0.25) is 4.79 Å². The molecular weight excluding hydrogens is 895 g/mol. The highest BCUT2D eigenvalue weighted by Gasteiger charge is 2.30. The third kappa shape index (κ3) is 16.0. The molecule has 0 aliphatic carbocycles. The summed E-state index contributed by atoms with van der Waals surface area (Å²) in [7, 11) is 0.348. The molecule has 0 radical (unpaired) electrons. The van der Waals surface area contributed by atoms with Crippen LogP contribution in [0.2, 0.25) is 0 Å². The quantitative estimate of drug-likeness (QED) is 0.0677. The Morgan fingerprint density at radius 3 is 1.75 bits per heavy atom. The van der Waals surface area contributed by atoms with E-state index in [0.29, 0.717) is 45.0 Å². The van der Waals surface area contributed by atoms with E-state index in [1.54, 1.807) is 19.0 Å². The van der Waals surface area contributed by atoms with Crippen molar-refractivity contribution in [2.24, 2.45) is 0 Å². The van der Waals surface area contributed by atoms with Gasteiger partial charge in [-0.25, -0.2) is 14.8 Å². The number of fused-ring (bicyclic) bond motifs is 2. The lowest BCUT2D eigenvalue weighted by atomic mass is 10.1. The maximum atomic E-state index is 12.6. The van der Waals surface area contributed by atoms with Gasteiger partial charge in [0.1, 0.15) is 35.9 Å². The number of ether oxygens (including phenoxy) is 4. The summed E-state index contributed by atoms with van der Waals surface area (Å²) >= 11 is 3.67. The number of anilines is 1. The van der Waals surface area contributed by atoms with Crippen molar-refractivity contribution < 1.29 is 54.1 Å². The molecule has 1 aliphatic heterocycles. The summed E-state index contributed by atoms with van der Waals surface area (Å²) in [5.41, 5.74) is 4.16. The minimum Gasteiger partial charge on any atom is -0.565 e. The molecule has 0 bridgehead atoms. The van der Waals surface area contributed by atoms with Gasteiger partial charge in [-0.2, -0.15) is 0 Å². The first-order valence-electron chi connectivity index (χ1n) is 20.1. The largest absolute Gasteiger partial charge is 0.565 e. The lowest BCUT2D eigenvalue weighted by molar-refractivity contribution is -0.244. The van der Waals surface area contributed by atoms with E-state index < -0.39 is 19.5 Å². The van der Waals surface area contributed by atoms with Crippen molar-refractivity contribution in [2.75, 3.05) is 45.3 Å². The Hall–Kier alpha value is -5.51. The zero-order valence-electron chi connectivity index (χ0n) is 36.9. The molecule has 17 heteroatoms. The second kappa shape index (κ2) is 23.3. The Balaban J connectivity index is 0.000000303. The minimum absolute atomic E-state index is 0. The van der Waals surface area contributed by atoms with E-state index in [0.717, 1.165) is 44.5 Å². The number of likely N-dealkylation sites (N-methyl/N-ethyl adjacent to an activating group) is 2. The van der Waals surface area contributed by atoms with Gasteiger partial charge in [-0.05, 0) is 97.4 Å². The molecule has 0 saturated carbocycles. The van der Waals surface area contributed by atoms with Crippen LogP contribution >= 0.6 is 24.2 Å². The average molecular weight is 954 g/mol.